The fourth-order valence-electron chi connectivity index (χ4n) is 2.36. The average Bonchev–Trinajstić information content (AvgIpc) is 2.98. The Morgan fingerprint density at radius 1 is 1.09 bits per heavy atom. The second-order valence-electron chi connectivity index (χ2n) is 5.24. The van der Waals surface area contributed by atoms with Crippen LogP contribution in [0.15, 0.2) is 53.7 Å². The highest BCUT2D eigenvalue weighted by Gasteiger charge is 2.21. The number of oxime groups is 1. The van der Waals surface area contributed by atoms with Gasteiger partial charge >= 0.3 is 0 Å². The van der Waals surface area contributed by atoms with E-state index in [0.29, 0.717) is 19.5 Å². The molecule has 5 heteroatoms. The van der Waals surface area contributed by atoms with E-state index in [-0.39, 0.29) is 17.7 Å². The molecule has 1 aliphatic heterocycles. The molecule has 1 heterocycles. The standard InChI is InChI=1S/C17H16F2N2O/c18-14-6-4-12(5-7-14)10-20-11-16-9-17(21-22-16)13-2-1-3-15(19)8-13/h1-8,16,20H,9-11H2. The van der Waals surface area contributed by atoms with Crippen molar-refractivity contribution in [2.45, 2.75) is 19.1 Å². The Labute approximate surface area is 127 Å². The van der Waals surface area contributed by atoms with Gasteiger partial charge in [0.1, 0.15) is 17.7 Å². The second kappa shape index (κ2) is 6.66. The number of nitrogens with one attached hydrogen (secondary N) is 1. The van der Waals surface area contributed by atoms with Gasteiger partial charge in [-0.25, -0.2) is 8.78 Å². The van der Waals surface area contributed by atoms with Crippen molar-refractivity contribution < 1.29 is 13.6 Å². The van der Waals surface area contributed by atoms with Crippen LogP contribution < -0.4 is 5.32 Å². The Balaban J connectivity index is 1.47. The van der Waals surface area contributed by atoms with Gasteiger partial charge < -0.3 is 10.2 Å². The van der Waals surface area contributed by atoms with Crippen molar-refractivity contribution in [1.29, 1.82) is 0 Å². The van der Waals surface area contributed by atoms with Crippen molar-refractivity contribution in [3.05, 3.63) is 71.3 Å². The number of nitrogens with zero attached hydrogens (tertiary/aromatic N) is 1. The van der Waals surface area contributed by atoms with E-state index in [2.05, 4.69) is 10.5 Å². The molecule has 0 spiro atoms. The Hall–Kier alpha value is -2.27. The van der Waals surface area contributed by atoms with Crippen molar-refractivity contribution in [3.8, 4) is 0 Å². The Kier molecular flexibility index (Phi) is 4.44. The van der Waals surface area contributed by atoms with Crippen LogP contribution in [-0.2, 0) is 11.4 Å². The Morgan fingerprint density at radius 3 is 2.68 bits per heavy atom. The minimum absolute atomic E-state index is 0.0706. The summed E-state index contributed by atoms with van der Waals surface area (Å²) in [5, 5.41) is 7.28. The van der Waals surface area contributed by atoms with Crippen molar-refractivity contribution >= 4 is 5.71 Å². The lowest BCUT2D eigenvalue weighted by Crippen LogP contribution is -2.26. The molecule has 1 unspecified atom stereocenters. The smallest absolute Gasteiger partial charge is 0.145 e. The molecule has 0 amide bonds. The summed E-state index contributed by atoms with van der Waals surface area (Å²) >= 11 is 0. The fourth-order valence-corrected chi connectivity index (χ4v) is 2.36. The van der Waals surface area contributed by atoms with Crippen LogP contribution in [0.5, 0.6) is 0 Å². The topological polar surface area (TPSA) is 33.6 Å². The van der Waals surface area contributed by atoms with Gasteiger partial charge in [0.25, 0.3) is 0 Å². The van der Waals surface area contributed by atoms with Gasteiger partial charge in [0.15, 0.2) is 0 Å². The third-order valence-corrected chi connectivity index (χ3v) is 3.51. The van der Waals surface area contributed by atoms with E-state index < -0.39 is 0 Å². The molecule has 3 nitrogen and oxygen atoms in total. The van der Waals surface area contributed by atoms with Gasteiger partial charge in [-0.05, 0) is 29.8 Å². The molecule has 1 aliphatic rings. The first kappa shape index (κ1) is 14.7. The minimum Gasteiger partial charge on any atom is -0.390 e. The first-order valence-corrected chi connectivity index (χ1v) is 7.14. The number of halogens is 2. The van der Waals surface area contributed by atoms with Crippen LogP contribution in [0.2, 0.25) is 0 Å². The summed E-state index contributed by atoms with van der Waals surface area (Å²) in [4.78, 5) is 5.36. The second-order valence-corrected chi connectivity index (χ2v) is 5.24. The molecular formula is C17H16F2N2O. The number of benzene rings is 2. The quantitative estimate of drug-likeness (QED) is 0.920. The van der Waals surface area contributed by atoms with E-state index in [1.54, 1.807) is 18.2 Å². The molecule has 0 bridgehead atoms. The average molecular weight is 302 g/mol. The molecule has 22 heavy (non-hydrogen) atoms. The number of rotatable bonds is 5. The first-order chi connectivity index (χ1) is 10.7. The highest BCUT2D eigenvalue weighted by atomic mass is 19.1. The molecule has 0 aromatic heterocycles. The first-order valence-electron chi connectivity index (χ1n) is 7.14. The summed E-state index contributed by atoms with van der Waals surface area (Å²) < 4.78 is 26.0. The van der Waals surface area contributed by atoms with Crippen LogP contribution in [0.4, 0.5) is 8.78 Å². The van der Waals surface area contributed by atoms with Gasteiger partial charge in [0.2, 0.25) is 0 Å². The van der Waals surface area contributed by atoms with Gasteiger partial charge in [0, 0.05) is 25.1 Å². The van der Waals surface area contributed by atoms with Crippen LogP contribution in [0, 0.1) is 11.6 Å². The van der Waals surface area contributed by atoms with Crippen LogP contribution in [0.25, 0.3) is 0 Å². The molecule has 0 saturated carbocycles. The minimum atomic E-state index is -0.280. The summed E-state index contributed by atoms with van der Waals surface area (Å²) in [5.41, 5.74) is 2.51. The van der Waals surface area contributed by atoms with E-state index in [1.165, 1.54) is 24.3 Å². The predicted molar refractivity (Wildman–Crippen MR) is 80.5 cm³/mol. The maximum atomic E-state index is 13.2. The molecule has 1 atom stereocenters. The van der Waals surface area contributed by atoms with Gasteiger partial charge in [-0.15, -0.1) is 0 Å². The normalized spacial score (nSPS) is 17.2. The third kappa shape index (κ3) is 3.68. The van der Waals surface area contributed by atoms with Crippen molar-refractivity contribution in [3.63, 3.8) is 0 Å². The van der Waals surface area contributed by atoms with Gasteiger partial charge in [0.05, 0.1) is 5.71 Å². The highest BCUT2D eigenvalue weighted by molar-refractivity contribution is 6.01. The maximum absolute atomic E-state index is 13.2. The lowest BCUT2D eigenvalue weighted by atomic mass is 10.0. The van der Waals surface area contributed by atoms with E-state index in [1.807, 2.05) is 6.07 Å². The van der Waals surface area contributed by atoms with E-state index in [4.69, 9.17) is 4.84 Å². The fraction of sp³-hybridized carbons (Fsp3) is 0.235. The lowest BCUT2D eigenvalue weighted by molar-refractivity contribution is 0.0848. The summed E-state index contributed by atoms with van der Waals surface area (Å²) in [6.07, 6.45) is 0.568. The monoisotopic (exact) mass is 302 g/mol. The number of hydrogen-bond acceptors (Lipinski definition) is 3. The SMILES string of the molecule is Fc1ccc(CNCC2CC(c3cccc(F)c3)=NO2)cc1. The van der Waals surface area contributed by atoms with Crippen molar-refractivity contribution in [2.24, 2.45) is 5.16 Å². The zero-order chi connectivity index (χ0) is 15.4. The van der Waals surface area contributed by atoms with E-state index in [9.17, 15) is 8.78 Å². The van der Waals surface area contributed by atoms with E-state index >= 15 is 0 Å². The Bertz CT molecular complexity index is 671. The third-order valence-electron chi connectivity index (χ3n) is 3.51. The largest absolute Gasteiger partial charge is 0.390 e. The highest BCUT2D eigenvalue weighted by Crippen LogP contribution is 2.17. The predicted octanol–water partition coefficient (Wildman–Crippen LogP) is 3.25. The summed E-state index contributed by atoms with van der Waals surface area (Å²) in [5.74, 6) is -0.519. The van der Waals surface area contributed by atoms with E-state index in [0.717, 1.165) is 16.8 Å². The summed E-state index contributed by atoms with van der Waals surface area (Å²) in [7, 11) is 0. The molecule has 0 fully saturated rings. The van der Waals surface area contributed by atoms with Crippen LogP contribution in [0.3, 0.4) is 0 Å². The van der Waals surface area contributed by atoms with Crippen molar-refractivity contribution in [2.75, 3.05) is 6.54 Å². The summed E-state index contributed by atoms with van der Waals surface area (Å²) in [6.45, 7) is 1.26. The van der Waals surface area contributed by atoms with Crippen LogP contribution >= 0.6 is 0 Å². The van der Waals surface area contributed by atoms with Gasteiger partial charge in [-0.2, -0.15) is 0 Å². The molecule has 0 aliphatic carbocycles. The molecule has 2 aromatic carbocycles. The Morgan fingerprint density at radius 2 is 1.91 bits per heavy atom. The molecule has 114 valence electrons. The lowest BCUT2D eigenvalue weighted by Gasteiger charge is -2.09. The molecule has 0 radical (unpaired) electrons. The molecule has 1 N–H and O–H groups in total. The van der Waals surface area contributed by atoms with Gasteiger partial charge in [-0.3, -0.25) is 0 Å². The zero-order valence-corrected chi connectivity index (χ0v) is 11.9. The number of hydrogen-bond donors (Lipinski definition) is 1. The summed E-state index contributed by atoms with van der Waals surface area (Å²) in [6, 6.07) is 12.7. The van der Waals surface area contributed by atoms with Crippen LogP contribution in [-0.4, -0.2) is 18.4 Å². The molecule has 2 aromatic rings. The van der Waals surface area contributed by atoms with Crippen molar-refractivity contribution in [1.82, 2.24) is 5.32 Å². The molecular weight excluding hydrogens is 286 g/mol. The molecule has 3 rings (SSSR count). The zero-order valence-electron chi connectivity index (χ0n) is 11.9. The van der Waals surface area contributed by atoms with Crippen LogP contribution in [0.1, 0.15) is 17.5 Å². The van der Waals surface area contributed by atoms with Gasteiger partial charge in [-0.1, -0.05) is 29.4 Å². The maximum Gasteiger partial charge on any atom is 0.145 e. The molecule has 0 saturated heterocycles.